The molecule has 0 fully saturated rings. The highest BCUT2D eigenvalue weighted by molar-refractivity contribution is 6.05. The molecule has 2 N–H and O–H groups in total. The lowest BCUT2D eigenvalue weighted by Crippen LogP contribution is -2.34. The molecule has 28 heavy (non-hydrogen) atoms. The fourth-order valence-corrected chi connectivity index (χ4v) is 3.48. The van der Waals surface area contributed by atoms with Gasteiger partial charge in [-0.05, 0) is 29.8 Å². The first kappa shape index (κ1) is 17.7. The van der Waals surface area contributed by atoms with E-state index < -0.39 is 0 Å². The van der Waals surface area contributed by atoms with Crippen molar-refractivity contribution in [3.63, 3.8) is 0 Å². The number of nitrogens with zero attached hydrogens (tertiary/aromatic N) is 1. The van der Waals surface area contributed by atoms with Crippen LogP contribution in [0.4, 0.5) is 5.69 Å². The predicted octanol–water partition coefficient (Wildman–Crippen LogP) is 2.93. The summed E-state index contributed by atoms with van der Waals surface area (Å²) >= 11 is 0. The van der Waals surface area contributed by atoms with Crippen LogP contribution in [-0.4, -0.2) is 28.7 Å². The van der Waals surface area contributed by atoms with Crippen molar-refractivity contribution in [1.82, 2.24) is 9.88 Å². The Bertz CT molecular complexity index is 1130. The number of carbonyl (C=O) groups is 3. The first-order valence-electron chi connectivity index (χ1n) is 9.03. The summed E-state index contributed by atoms with van der Waals surface area (Å²) in [5.74, 6) is -0.473. The second-order valence-corrected chi connectivity index (χ2v) is 6.66. The molecule has 0 unspecified atom stereocenters. The quantitative estimate of drug-likeness (QED) is 0.533. The number of Topliss-reactive ketones (excluding diaryl/α,β-unsaturated/α-hetero) is 1. The highest BCUT2D eigenvalue weighted by Crippen LogP contribution is 2.24. The van der Waals surface area contributed by atoms with Gasteiger partial charge >= 0.3 is 0 Å². The first-order chi connectivity index (χ1) is 13.6. The topological polar surface area (TPSA) is 80.2 Å². The number of anilines is 1. The number of carbonyl (C=O) groups excluding carboxylic acids is 3. The van der Waals surface area contributed by atoms with Crippen molar-refractivity contribution in [3.05, 3.63) is 78.0 Å². The summed E-state index contributed by atoms with van der Waals surface area (Å²) in [6.07, 6.45) is 1.35. The van der Waals surface area contributed by atoms with Gasteiger partial charge in [-0.1, -0.05) is 36.9 Å². The Hall–Kier alpha value is -3.67. The van der Waals surface area contributed by atoms with E-state index in [1.54, 1.807) is 18.2 Å². The molecule has 1 aliphatic rings. The summed E-state index contributed by atoms with van der Waals surface area (Å²) in [4.78, 5) is 36.5. The van der Waals surface area contributed by atoms with Crippen molar-refractivity contribution in [2.45, 2.75) is 13.0 Å². The zero-order chi connectivity index (χ0) is 19.7. The number of ketones is 1. The average Bonchev–Trinajstić information content (AvgIpc) is 3.08. The van der Waals surface area contributed by atoms with E-state index in [4.69, 9.17) is 0 Å². The number of hydrogen-bond donors (Lipinski definition) is 2. The zero-order valence-electron chi connectivity index (χ0n) is 15.2. The Morgan fingerprint density at radius 1 is 1.18 bits per heavy atom. The smallest absolute Gasteiger partial charge is 0.268 e. The molecular weight excluding hydrogens is 354 g/mol. The van der Waals surface area contributed by atoms with E-state index in [0.29, 0.717) is 30.0 Å². The van der Waals surface area contributed by atoms with E-state index >= 15 is 0 Å². The van der Waals surface area contributed by atoms with Crippen molar-refractivity contribution in [2.75, 3.05) is 11.9 Å². The van der Waals surface area contributed by atoms with E-state index in [1.807, 2.05) is 34.9 Å². The second-order valence-electron chi connectivity index (χ2n) is 6.66. The van der Waals surface area contributed by atoms with E-state index in [1.165, 1.54) is 6.08 Å². The lowest BCUT2D eigenvalue weighted by atomic mass is 10.0. The third kappa shape index (κ3) is 3.20. The van der Waals surface area contributed by atoms with Gasteiger partial charge in [-0.3, -0.25) is 14.4 Å². The molecule has 2 amide bonds. The Morgan fingerprint density at radius 2 is 2.00 bits per heavy atom. The average molecular weight is 373 g/mol. The lowest BCUT2D eigenvalue weighted by Gasteiger charge is -2.16. The molecule has 140 valence electrons. The molecule has 6 nitrogen and oxygen atoms in total. The van der Waals surface area contributed by atoms with Gasteiger partial charge in [-0.25, -0.2) is 0 Å². The summed E-state index contributed by atoms with van der Waals surface area (Å²) in [5, 5.41) is 6.49. The molecule has 2 aromatic carbocycles. The van der Waals surface area contributed by atoms with Gasteiger partial charge < -0.3 is 15.2 Å². The molecule has 0 radical (unpaired) electrons. The van der Waals surface area contributed by atoms with Gasteiger partial charge in [0.05, 0.1) is 0 Å². The number of amides is 2. The number of fused-ring (bicyclic) bond motifs is 3. The summed E-state index contributed by atoms with van der Waals surface area (Å²) in [6, 6.07) is 14.5. The molecule has 1 aromatic heterocycles. The normalized spacial score (nSPS) is 12.9. The van der Waals surface area contributed by atoms with Gasteiger partial charge in [0.1, 0.15) is 5.69 Å². The number of benzene rings is 2. The van der Waals surface area contributed by atoms with E-state index in [2.05, 4.69) is 17.2 Å². The number of aromatic nitrogens is 1. The van der Waals surface area contributed by atoms with Crippen molar-refractivity contribution < 1.29 is 14.4 Å². The highest BCUT2D eigenvalue weighted by Gasteiger charge is 2.20. The number of nitrogens with one attached hydrogen (secondary N) is 2. The van der Waals surface area contributed by atoms with E-state index in [9.17, 15) is 14.4 Å². The summed E-state index contributed by atoms with van der Waals surface area (Å²) in [7, 11) is 0. The van der Waals surface area contributed by atoms with Crippen LogP contribution in [-0.2, 0) is 17.8 Å². The molecule has 0 spiro atoms. The lowest BCUT2D eigenvalue weighted by molar-refractivity contribution is -0.111. The second kappa shape index (κ2) is 7.15. The summed E-state index contributed by atoms with van der Waals surface area (Å²) < 4.78 is 1.95. The molecule has 0 aliphatic carbocycles. The van der Waals surface area contributed by atoms with Gasteiger partial charge in [0, 0.05) is 41.7 Å². The highest BCUT2D eigenvalue weighted by atomic mass is 16.2. The monoisotopic (exact) mass is 373 g/mol. The van der Waals surface area contributed by atoms with Crippen molar-refractivity contribution in [1.29, 1.82) is 0 Å². The molecule has 4 rings (SSSR count). The minimum Gasteiger partial charge on any atom is -0.349 e. The molecule has 0 atom stereocenters. The van der Waals surface area contributed by atoms with Crippen LogP contribution in [0.2, 0.25) is 0 Å². The van der Waals surface area contributed by atoms with Gasteiger partial charge in [-0.15, -0.1) is 0 Å². The molecule has 2 heterocycles. The third-order valence-electron chi connectivity index (χ3n) is 4.89. The SMILES string of the molecule is C=CC(=O)Nc1ccccc1CC(=O)c1ccc2cc3n(c2c1)CCNC3=O. The predicted molar refractivity (Wildman–Crippen MR) is 108 cm³/mol. The van der Waals surface area contributed by atoms with Crippen LogP contribution in [0.5, 0.6) is 0 Å². The molecule has 0 saturated heterocycles. The molecule has 3 aromatic rings. The van der Waals surface area contributed by atoms with Crippen LogP contribution < -0.4 is 10.6 Å². The summed E-state index contributed by atoms with van der Waals surface area (Å²) in [5.41, 5.74) is 3.40. The Morgan fingerprint density at radius 3 is 2.82 bits per heavy atom. The maximum Gasteiger partial charge on any atom is 0.268 e. The first-order valence-corrected chi connectivity index (χ1v) is 9.03. The largest absolute Gasteiger partial charge is 0.349 e. The van der Waals surface area contributed by atoms with Crippen LogP contribution >= 0.6 is 0 Å². The number of rotatable bonds is 5. The fourth-order valence-electron chi connectivity index (χ4n) is 3.48. The van der Waals surface area contributed by atoms with Gasteiger partial charge in [0.15, 0.2) is 5.78 Å². The van der Waals surface area contributed by atoms with Crippen LogP contribution in [0, 0.1) is 0 Å². The minimum atomic E-state index is -0.320. The van der Waals surface area contributed by atoms with Crippen LogP contribution in [0.3, 0.4) is 0 Å². The fraction of sp³-hybridized carbons (Fsp3) is 0.136. The Balaban J connectivity index is 1.64. The zero-order valence-corrected chi connectivity index (χ0v) is 15.2. The Labute approximate surface area is 161 Å². The van der Waals surface area contributed by atoms with Crippen LogP contribution in [0.1, 0.15) is 26.4 Å². The molecule has 1 aliphatic heterocycles. The van der Waals surface area contributed by atoms with Gasteiger partial charge in [-0.2, -0.15) is 0 Å². The van der Waals surface area contributed by atoms with E-state index in [0.717, 1.165) is 16.5 Å². The van der Waals surface area contributed by atoms with Crippen molar-refractivity contribution in [3.8, 4) is 0 Å². The van der Waals surface area contributed by atoms with Crippen molar-refractivity contribution in [2.24, 2.45) is 0 Å². The summed E-state index contributed by atoms with van der Waals surface area (Å²) in [6.45, 7) is 4.70. The van der Waals surface area contributed by atoms with E-state index in [-0.39, 0.29) is 24.0 Å². The standard InChI is InChI=1S/C22H19N3O3/c1-2-21(27)24-17-6-4-3-5-14(17)13-20(26)16-8-7-15-11-19-22(28)23-9-10-25(19)18(15)12-16/h2-8,11-12H,1,9-10,13H2,(H,23,28)(H,24,27). The molecule has 6 heteroatoms. The maximum absolute atomic E-state index is 12.9. The van der Waals surface area contributed by atoms with Crippen molar-refractivity contribution >= 4 is 34.2 Å². The minimum absolute atomic E-state index is 0.0574. The molecular formula is C22H19N3O3. The molecule has 0 bridgehead atoms. The Kier molecular flexibility index (Phi) is 4.53. The number of para-hydroxylation sites is 1. The van der Waals surface area contributed by atoms with Gasteiger partial charge in [0.2, 0.25) is 5.91 Å². The third-order valence-corrected chi connectivity index (χ3v) is 4.89. The van der Waals surface area contributed by atoms with Gasteiger partial charge in [0.25, 0.3) is 5.91 Å². The molecule has 0 saturated carbocycles. The van der Waals surface area contributed by atoms with Crippen LogP contribution in [0.15, 0.2) is 61.2 Å². The number of hydrogen-bond acceptors (Lipinski definition) is 3. The van der Waals surface area contributed by atoms with Crippen LogP contribution in [0.25, 0.3) is 10.9 Å². The maximum atomic E-state index is 12.9.